The van der Waals surface area contributed by atoms with E-state index in [0.717, 1.165) is 21.9 Å². The van der Waals surface area contributed by atoms with Gasteiger partial charge in [-0.25, -0.2) is 8.42 Å². The summed E-state index contributed by atoms with van der Waals surface area (Å²) in [6.07, 6.45) is 1.09. The van der Waals surface area contributed by atoms with E-state index in [1.54, 1.807) is 31.3 Å². The van der Waals surface area contributed by atoms with Crippen LogP contribution in [-0.2, 0) is 21.4 Å². The number of nitrogens with zero attached hydrogens (tertiary/aromatic N) is 2. The van der Waals surface area contributed by atoms with Crippen molar-refractivity contribution < 1.29 is 17.9 Å². The van der Waals surface area contributed by atoms with E-state index in [-0.39, 0.29) is 12.5 Å². The molecule has 0 fully saturated rings. The lowest BCUT2D eigenvalue weighted by Crippen LogP contribution is -2.41. The molecule has 146 valence electrons. The van der Waals surface area contributed by atoms with E-state index in [9.17, 15) is 13.2 Å². The monoisotopic (exact) mass is 454 g/mol. The van der Waals surface area contributed by atoms with Crippen molar-refractivity contribution in [2.24, 2.45) is 0 Å². The van der Waals surface area contributed by atoms with Crippen LogP contribution in [-0.4, -0.2) is 45.7 Å². The van der Waals surface area contributed by atoms with Gasteiger partial charge in [-0.1, -0.05) is 24.3 Å². The Balaban J connectivity index is 2.11. The van der Waals surface area contributed by atoms with Crippen molar-refractivity contribution in [3.63, 3.8) is 0 Å². The van der Waals surface area contributed by atoms with Crippen LogP contribution in [0.25, 0.3) is 0 Å². The molecule has 0 atom stereocenters. The number of halogens is 1. The Hall–Kier alpha value is -2.06. The highest BCUT2D eigenvalue weighted by Gasteiger charge is 2.24. The minimum absolute atomic E-state index is 0.269. The first kappa shape index (κ1) is 21.2. The highest BCUT2D eigenvalue weighted by molar-refractivity contribution is 9.10. The third-order valence-corrected chi connectivity index (χ3v) is 5.68. The first-order valence-electron chi connectivity index (χ1n) is 8.40. The molecule has 1 amide bonds. The Morgan fingerprint density at radius 1 is 1.11 bits per heavy atom. The van der Waals surface area contributed by atoms with Gasteiger partial charge in [-0.05, 0) is 52.7 Å². The zero-order chi connectivity index (χ0) is 20.0. The summed E-state index contributed by atoms with van der Waals surface area (Å²) >= 11 is 3.35. The van der Waals surface area contributed by atoms with Gasteiger partial charge in [0, 0.05) is 18.1 Å². The Labute approximate surface area is 168 Å². The topological polar surface area (TPSA) is 66.9 Å². The summed E-state index contributed by atoms with van der Waals surface area (Å²) < 4.78 is 31.6. The number of ether oxygens (including phenoxy) is 1. The first-order valence-corrected chi connectivity index (χ1v) is 11.0. The van der Waals surface area contributed by atoms with E-state index in [2.05, 4.69) is 15.9 Å². The molecule has 0 saturated carbocycles. The van der Waals surface area contributed by atoms with Gasteiger partial charge in [0.25, 0.3) is 0 Å². The van der Waals surface area contributed by atoms with E-state index in [4.69, 9.17) is 4.74 Å². The normalized spacial score (nSPS) is 11.1. The Morgan fingerprint density at radius 3 is 2.30 bits per heavy atom. The van der Waals surface area contributed by atoms with Crippen LogP contribution in [0.1, 0.15) is 12.5 Å². The second-order valence-electron chi connectivity index (χ2n) is 6.05. The fraction of sp³-hybridized carbons (Fsp3) is 0.316. The van der Waals surface area contributed by atoms with Crippen LogP contribution in [0.15, 0.2) is 53.0 Å². The first-order chi connectivity index (χ1) is 12.7. The summed E-state index contributed by atoms with van der Waals surface area (Å²) in [4.78, 5) is 14.1. The molecule has 0 bridgehead atoms. The zero-order valence-electron chi connectivity index (χ0n) is 15.6. The van der Waals surface area contributed by atoms with E-state index in [1.807, 2.05) is 31.2 Å². The molecule has 0 unspecified atom stereocenters. The van der Waals surface area contributed by atoms with Gasteiger partial charge in [0.2, 0.25) is 15.9 Å². The fourth-order valence-electron chi connectivity index (χ4n) is 2.50. The highest BCUT2D eigenvalue weighted by Crippen LogP contribution is 2.27. The van der Waals surface area contributed by atoms with Gasteiger partial charge >= 0.3 is 0 Å². The van der Waals surface area contributed by atoms with Crippen LogP contribution in [0.2, 0.25) is 0 Å². The van der Waals surface area contributed by atoms with Gasteiger partial charge in [-0.3, -0.25) is 9.10 Å². The third kappa shape index (κ3) is 5.97. The van der Waals surface area contributed by atoms with Crippen molar-refractivity contribution in [2.45, 2.75) is 13.5 Å². The molecular weight excluding hydrogens is 432 g/mol. The molecule has 0 saturated heterocycles. The molecular formula is C19H23BrN2O4S. The molecule has 2 aromatic rings. The average Bonchev–Trinajstić information content (AvgIpc) is 2.61. The summed E-state index contributed by atoms with van der Waals surface area (Å²) in [7, 11) is -1.96. The minimum Gasteiger partial charge on any atom is -0.494 e. The minimum atomic E-state index is -3.61. The van der Waals surface area contributed by atoms with Crippen molar-refractivity contribution in [3.8, 4) is 5.75 Å². The summed E-state index contributed by atoms with van der Waals surface area (Å²) in [6.45, 7) is 2.61. The highest BCUT2D eigenvalue weighted by atomic mass is 79.9. The number of para-hydroxylation sites is 1. The fourth-order valence-corrected chi connectivity index (χ4v) is 3.98. The molecule has 0 radical (unpaired) electrons. The number of benzene rings is 2. The standard InChI is InChI=1S/C19H23BrN2O4S/c1-4-26-16-11-9-15(10-12-16)13-21(2)19(23)14-22(27(3,24)25)18-8-6-5-7-17(18)20/h5-12H,4,13-14H2,1-3H3. The lowest BCUT2D eigenvalue weighted by atomic mass is 10.2. The van der Waals surface area contributed by atoms with Crippen LogP contribution < -0.4 is 9.04 Å². The van der Waals surface area contributed by atoms with Gasteiger partial charge in [0.1, 0.15) is 12.3 Å². The lowest BCUT2D eigenvalue weighted by Gasteiger charge is -2.26. The number of carbonyl (C=O) groups excluding carboxylic acids is 1. The van der Waals surface area contributed by atoms with Crippen molar-refractivity contribution in [1.82, 2.24) is 4.90 Å². The molecule has 0 aliphatic heterocycles. The summed E-state index contributed by atoms with van der Waals surface area (Å²) in [5, 5.41) is 0. The Morgan fingerprint density at radius 2 is 1.74 bits per heavy atom. The van der Waals surface area contributed by atoms with Crippen molar-refractivity contribution in [3.05, 3.63) is 58.6 Å². The molecule has 27 heavy (non-hydrogen) atoms. The number of hydrogen-bond donors (Lipinski definition) is 0. The van der Waals surface area contributed by atoms with Gasteiger partial charge < -0.3 is 9.64 Å². The SMILES string of the molecule is CCOc1ccc(CN(C)C(=O)CN(c2ccccc2Br)S(C)(=O)=O)cc1. The van der Waals surface area contributed by atoms with E-state index in [1.165, 1.54) is 4.90 Å². The number of anilines is 1. The Kier molecular flexibility index (Phi) is 7.26. The van der Waals surface area contributed by atoms with E-state index < -0.39 is 10.0 Å². The number of amides is 1. The van der Waals surface area contributed by atoms with E-state index >= 15 is 0 Å². The van der Waals surface area contributed by atoms with Crippen LogP contribution >= 0.6 is 15.9 Å². The number of hydrogen-bond acceptors (Lipinski definition) is 4. The molecule has 2 rings (SSSR count). The van der Waals surface area contributed by atoms with Crippen molar-refractivity contribution in [2.75, 3.05) is 30.8 Å². The Bertz CT molecular complexity index is 885. The average molecular weight is 455 g/mol. The van der Waals surface area contributed by atoms with Crippen LogP contribution in [0.5, 0.6) is 5.75 Å². The summed E-state index contributed by atoms with van der Waals surface area (Å²) in [5.41, 5.74) is 1.36. The molecule has 0 heterocycles. The molecule has 0 spiro atoms. The largest absolute Gasteiger partial charge is 0.494 e. The summed E-state index contributed by atoms with van der Waals surface area (Å²) in [6, 6.07) is 14.4. The van der Waals surface area contributed by atoms with Crippen molar-refractivity contribution in [1.29, 1.82) is 0 Å². The van der Waals surface area contributed by atoms with Gasteiger partial charge in [0.05, 0.1) is 18.6 Å². The second-order valence-corrected chi connectivity index (χ2v) is 8.81. The molecule has 0 aliphatic rings. The summed E-state index contributed by atoms with van der Waals surface area (Å²) in [5.74, 6) is 0.470. The quantitative estimate of drug-likeness (QED) is 0.613. The maximum atomic E-state index is 12.6. The van der Waals surface area contributed by atoms with Gasteiger partial charge in [-0.15, -0.1) is 0 Å². The van der Waals surface area contributed by atoms with Crippen LogP contribution in [0.4, 0.5) is 5.69 Å². The molecule has 0 aromatic heterocycles. The molecule has 0 N–H and O–H groups in total. The van der Waals surface area contributed by atoms with Crippen LogP contribution in [0.3, 0.4) is 0 Å². The van der Waals surface area contributed by atoms with Crippen molar-refractivity contribution >= 4 is 37.5 Å². The molecule has 6 nitrogen and oxygen atoms in total. The molecule has 8 heteroatoms. The maximum Gasteiger partial charge on any atom is 0.243 e. The second kappa shape index (κ2) is 9.23. The van der Waals surface area contributed by atoms with Crippen LogP contribution in [0, 0.1) is 0 Å². The predicted molar refractivity (Wildman–Crippen MR) is 110 cm³/mol. The number of likely N-dealkylation sites (N-methyl/N-ethyl adjacent to an activating group) is 1. The third-order valence-electron chi connectivity index (χ3n) is 3.88. The number of carbonyl (C=O) groups is 1. The predicted octanol–water partition coefficient (Wildman–Crippen LogP) is 3.27. The molecule has 0 aliphatic carbocycles. The van der Waals surface area contributed by atoms with Gasteiger partial charge in [0.15, 0.2) is 0 Å². The maximum absolute atomic E-state index is 12.6. The number of sulfonamides is 1. The van der Waals surface area contributed by atoms with E-state index in [0.29, 0.717) is 23.3 Å². The number of rotatable bonds is 8. The molecule has 2 aromatic carbocycles. The van der Waals surface area contributed by atoms with Gasteiger partial charge in [-0.2, -0.15) is 0 Å². The lowest BCUT2D eigenvalue weighted by molar-refractivity contribution is -0.128. The zero-order valence-corrected chi connectivity index (χ0v) is 18.0. The smallest absolute Gasteiger partial charge is 0.243 e.